The normalized spacial score (nSPS) is 11.1. The van der Waals surface area contributed by atoms with E-state index in [1.165, 1.54) is 0 Å². The molecule has 5 heteroatoms. The standard InChI is InChI=1S/C18H18N2O3/c1-12(2)20-10-13(11-23-14-5-4-8-19-9-14)15-6-3-7-16(17(15)20)18(21)22/h3-10,12H,11H2,1-2H3,(H,21,22). The molecule has 2 aromatic heterocycles. The number of fused-ring (bicyclic) bond motifs is 1. The first kappa shape index (κ1) is 15.1. The van der Waals surface area contributed by atoms with Crippen LogP contribution >= 0.6 is 0 Å². The molecule has 3 aromatic rings. The quantitative estimate of drug-likeness (QED) is 0.776. The smallest absolute Gasteiger partial charge is 0.337 e. The number of hydrogen-bond donors (Lipinski definition) is 1. The van der Waals surface area contributed by atoms with Crippen LogP contribution < -0.4 is 4.74 Å². The van der Waals surface area contributed by atoms with Gasteiger partial charge in [0.1, 0.15) is 12.4 Å². The molecule has 2 heterocycles. The summed E-state index contributed by atoms with van der Waals surface area (Å²) in [4.78, 5) is 15.5. The number of carboxylic acids is 1. The molecule has 3 rings (SSSR count). The van der Waals surface area contributed by atoms with Gasteiger partial charge >= 0.3 is 5.97 Å². The van der Waals surface area contributed by atoms with Crippen LogP contribution in [0.25, 0.3) is 10.9 Å². The Morgan fingerprint density at radius 1 is 1.30 bits per heavy atom. The van der Waals surface area contributed by atoms with Gasteiger partial charge in [-0.2, -0.15) is 0 Å². The number of aromatic carboxylic acids is 1. The van der Waals surface area contributed by atoms with Crippen molar-refractivity contribution in [3.8, 4) is 5.75 Å². The summed E-state index contributed by atoms with van der Waals surface area (Å²) in [6, 6.07) is 9.15. The van der Waals surface area contributed by atoms with E-state index >= 15 is 0 Å². The van der Waals surface area contributed by atoms with Gasteiger partial charge in [0.25, 0.3) is 0 Å². The predicted molar refractivity (Wildman–Crippen MR) is 87.9 cm³/mol. The van der Waals surface area contributed by atoms with Crippen molar-refractivity contribution in [3.05, 3.63) is 60.0 Å². The van der Waals surface area contributed by atoms with Crippen molar-refractivity contribution in [2.75, 3.05) is 0 Å². The minimum atomic E-state index is -0.921. The van der Waals surface area contributed by atoms with Crippen molar-refractivity contribution in [3.63, 3.8) is 0 Å². The molecule has 1 aromatic carbocycles. The molecule has 0 amide bonds. The molecular formula is C18H18N2O3. The van der Waals surface area contributed by atoms with Crippen molar-refractivity contribution in [1.29, 1.82) is 0 Å². The maximum atomic E-state index is 11.5. The highest BCUT2D eigenvalue weighted by Gasteiger charge is 2.17. The molecule has 0 radical (unpaired) electrons. The van der Waals surface area contributed by atoms with Gasteiger partial charge in [0.15, 0.2) is 0 Å². The Bertz CT molecular complexity index is 838. The number of pyridine rings is 1. The molecule has 0 unspecified atom stereocenters. The molecule has 1 N–H and O–H groups in total. The topological polar surface area (TPSA) is 64.4 Å². The van der Waals surface area contributed by atoms with Crippen LogP contribution in [-0.4, -0.2) is 20.6 Å². The van der Waals surface area contributed by atoms with Gasteiger partial charge in [0, 0.05) is 29.4 Å². The van der Waals surface area contributed by atoms with Crippen molar-refractivity contribution >= 4 is 16.9 Å². The Labute approximate surface area is 134 Å². The van der Waals surface area contributed by atoms with Gasteiger partial charge in [0.05, 0.1) is 17.3 Å². The number of ether oxygens (including phenoxy) is 1. The van der Waals surface area contributed by atoms with Crippen molar-refractivity contribution < 1.29 is 14.6 Å². The second-order valence-electron chi connectivity index (χ2n) is 5.64. The average molecular weight is 310 g/mol. The van der Waals surface area contributed by atoms with Gasteiger partial charge in [-0.05, 0) is 32.0 Å². The second-order valence-corrected chi connectivity index (χ2v) is 5.64. The van der Waals surface area contributed by atoms with Crippen LogP contribution in [0.5, 0.6) is 5.75 Å². The Morgan fingerprint density at radius 2 is 2.13 bits per heavy atom. The van der Waals surface area contributed by atoms with Gasteiger partial charge in [-0.25, -0.2) is 4.79 Å². The van der Waals surface area contributed by atoms with E-state index < -0.39 is 5.97 Å². The molecule has 23 heavy (non-hydrogen) atoms. The Balaban J connectivity index is 2.04. The summed E-state index contributed by atoms with van der Waals surface area (Å²) in [6.45, 7) is 4.43. The highest BCUT2D eigenvalue weighted by molar-refractivity contribution is 6.03. The van der Waals surface area contributed by atoms with Gasteiger partial charge in [-0.3, -0.25) is 4.98 Å². The minimum Gasteiger partial charge on any atom is -0.487 e. The molecule has 0 saturated heterocycles. The van der Waals surface area contributed by atoms with Gasteiger partial charge in [-0.1, -0.05) is 12.1 Å². The SMILES string of the molecule is CC(C)n1cc(COc2cccnc2)c2cccc(C(=O)O)c21. The van der Waals surface area contributed by atoms with Crippen LogP contribution in [0.15, 0.2) is 48.9 Å². The van der Waals surface area contributed by atoms with E-state index in [1.807, 2.05) is 42.8 Å². The molecule has 5 nitrogen and oxygen atoms in total. The summed E-state index contributed by atoms with van der Waals surface area (Å²) in [5.41, 5.74) is 2.00. The second kappa shape index (κ2) is 6.12. The van der Waals surface area contributed by atoms with Gasteiger partial charge in [-0.15, -0.1) is 0 Å². The maximum absolute atomic E-state index is 11.5. The monoisotopic (exact) mass is 310 g/mol. The van der Waals surface area contributed by atoms with E-state index in [9.17, 15) is 9.90 Å². The molecule has 118 valence electrons. The zero-order chi connectivity index (χ0) is 16.4. The molecule has 0 aliphatic rings. The molecular weight excluding hydrogens is 292 g/mol. The highest BCUT2D eigenvalue weighted by atomic mass is 16.5. The van der Waals surface area contributed by atoms with Crippen LogP contribution in [0.4, 0.5) is 0 Å². The molecule has 0 aliphatic heterocycles. The molecule has 0 spiro atoms. The first-order valence-corrected chi connectivity index (χ1v) is 7.46. The molecule has 0 saturated carbocycles. The summed E-state index contributed by atoms with van der Waals surface area (Å²) in [6.07, 6.45) is 5.32. The summed E-state index contributed by atoms with van der Waals surface area (Å²) in [5, 5.41) is 10.4. The van der Waals surface area contributed by atoms with Gasteiger partial charge < -0.3 is 14.4 Å². The fraction of sp³-hybridized carbons (Fsp3) is 0.222. The Kier molecular flexibility index (Phi) is 4.02. The number of para-hydroxylation sites is 1. The van der Waals surface area contributed by atoms with E-state index in [2.05, 4.69) is 4.98 Å². The van der Waals surface area contributed by atoms with Gasteiger partial charge in [0.2, 0.25) is 0 Å². The van der Waals surface area contributed by atoms with Crippen molar-refractivity contribution in [2.24, 2.45) is 0 Å². The van der Waals surface area contributed by atoms with Crippen LogP contribution in [0.3, 0.4) is 0 Å². The van der Waals surface area contributed by atoms with E-state index in [-0.39, 0.29) is 6.04 Å². The zero-order valence-electron chi connectivity index (χ0n) is 13.1. The van der Waals surface area contributed by atoms with Crippen LogP contribution in [0.2, 0.25) is 0 Å². The van der Waals surface area contributed by atoms with Crippen molar-refractivity contribution in [2.45, 2.75) is 26.5 Å². The zero-order valence-corrected chi connectivity index (χ0v) is 13.1. The highest BCUT2D eigenvalue weighted by Crippen LogP contribution is 2.28. The van der Waals surface area contributed by atoms with Crippen molar-refractivity contribution in [1.82, 2.24) is 9.55 Å². The summed E-state index contributed by atoms with van der Waals surface area (Å²) in [7, 11) is 0. The lowest BCUT2D eigenvalue weighted by Gasteiger charge is -2.10. The average Bonchev–Trinajstić information content (AvgIpc) is 2.93. The number of benzene rings is 1. The number of aromatic nitrogens is 2. The molecule has 0 fully saturated rings. The summed E-state index contributed by atoms with van der Waals surface area (Å²) >= 11 is 0. The summed E-state index contributed by atoms with van der Waals surface area (Å²) < 4.78 is 7.76. The first-order chi connectivity index (χ1) is 11.1. The van der Waals surface area contributed by atoms with E-state index in [0.717, 1.165) is 16.5 Å². The number of carboxylic acid groups (broad SMARTS) is 1. The maximum Gasteiger partial charge on any atom is 0.337 e. The van der Waals surface area contributed by atoms with E-state index in [0.29, 0.717) is 17.9 Å². The third-order valence-electron chi connectivity index (χ3n) is 3.75. The first-order valence-electron chi connectivity index (χ1n) is 7.46. The lowest BCUT2D eigenvalue weighted by atomic mass is 10.1. The third kappa shape index (κ3) is 2.90. The number of hydrogen-bond acceptors (Lipinski definition) is 3. The molecule has 0 aliphatic carbocycles. The lowest BCUT2D eigenvalue weighted by molar-refractivity contribution is 0.0698. The predicted octanol–water partition coefficient (Wildman–Crippen LogP) is 3.89. The molecule has 0 atom stereocenters. The fourth-order valence-electron chi connectivity index (χ4n) is 2.67. The van der Waals surface area contributed by atoms with Crippen LogP contribution in [0, 0.1) is 0 Å². The van der Waals surface area contributed by atoms with Crippen LogP contribution in [-0.2, 0) is 6.61 Å². The Hall–Kier alpha value is -2.82. The largest absolute Gasteiger partial charge is 0.487 e. The third-order valence-corrected chi connectivity index (χ3v) is 3.75. The van der Waals surface area contributed by atoms with E-state index in [4.69, 9.17) is 4.74 Å². The number of rotatable bonds is 5. The fourth-order valence-corrected chi connectivity index (χ4v) is 2.67. The number of carbonyl (C=O) groups is 1. The minimum absolute atomic E-state index is 0.158. The Morgan fingerprint density at radius 3 is 2.78 bits per heavy atom. The molecule has 0 bridgehead atoms. The number of nitrogens with zero attached hydrogens (tertiary/aromatic N) is 2. The summed E-state index contributed by atoms with van der Waals surface area (Å²) in [5.74, 6) is -0.234. The van der Waals surface area contributed by atoms with Crippen LogP contribution in [0.1, 0.15) is 35.8 Å². The van der Waals surface area contributed by atoms with E-state index in [1.54, 1.807) is 24.5 Å². The lowest BCUT2D eigenvalue weighted by Crippen LogP contribution is -2.04.